The Hall–Kier alpha value is -3.65. The number of benzene rings is 2. The maximum atomic E-state index is 11.9. The Morgan fingerprint density at radius 1 is 1.20 bits per heavy atom. The highest BCUT2D eigenvalue weighted by atomic mass is 16.5. The van der Waals surface area contributed by atoms with E-state index in [0.29, 0.717) is 17.0 Å². The summed E-state index contributed by atoms with van der Waals surface area (Å²) in [5, 5.41) is 21.1. The summed E-state index contributed by atoms with van der Waals surface area (Å²) in [4.78, 5) is 15.3. The highest BCUT2D eigenvalue weighted by Gasteiger charge is 2.20. The van der Waals surface area contributed by atoms with Gasteiger partial charge in [0.25, 0.3) is 11.8 Å². The van der Waals surface area contributed by atoms with E-state index in [0.717, 1.165) is 34.6 Å². The van der Waals surface area contributed by atoms with Gasteiger partial charge in [-0.15, -0.1) is 0 Å². The number of ether oxygens (including phenoxy) is 2. The molecule has 3 rings (SSSR count). The van der Waals surface area contributed by atoms with Gasteiger partial charge in [0.2, 0.25) is 12.4 Å². The number of carbonyl (C=O) groups is 1. The predicted molar refractivity (Wildman–Crippen MR) is 110 cm³/mol. The smallest absolute Gasteiger partial charge is 0.344 e. The zero-order valence-corrected chi connectivity index (χ0v) is 16.7. The molecule has 0 radical (unpaired) electrons. The average Bonchev–Trinajstić information content (AvgIpc) is 2.71. The van der Waals surface area contributed by atoms with Gasteiger partial charge >= 0.3 is 5.97 Å². The van der Waals surface area contributed by atoms with Crippen LogP contribution >= 0.6 is 0 Å². The summed E-state index contributed by atoms with van der Waals surface area (Å²) in [7, 11) is 0. The lowest BCUT2D eigenvalue weighted by Gasteiger charge is -2.13. The third-order valence-electron chi connectivity index (χ3n) is 4.37. The van der Waals surface area contributed by atoms with Crippen LogP contribution in [-0.2, 0) is 11.3 Å². The molecular formula is C22H23N3O5. The summed E-state index contributed by atoms with van der Waals surface area (Å²) in [6, 6.07) is 13.5. The SMILES string of the molecule is CC[C@@H](Oc1c[n+]([O-])cc(Oc2cc(C)cc(-c3cccc(CN)c3)c2)n1)C(=O)O. The van der Waals surface area contributed by atoms with Crippen molar-refractivity contribution in [3.05, 3.63) is 71.2 Å². The molecule has 0 amide bonds. The molecule has 1 atom stereocenters. The molecule has 3 N–H and O–H groups in total. The van der Waals surface area contributed by atoms with Crippen molar-refractivity contribution in [2.75, 3.05) is 0 Å². The van der Waals surface area contributed by atoms with E-state index in [2.05, 4.69) is 4.98 Å². The maximum absolute atomic E-state index is 11.9. The first-order valence-electron chi connectivity index (χ1n) is 9.47. The zero-order valence-electron chi connectivity index (χ0n) is 16.7. The normalized spacial score (nSPS) is 11.7. The zero-order chi connectivity index (χ0) is 21.7. The summed E-state index contributed by atoms with van der Waals surface area (Å²) >= 11 is 0. The number of aliphatic carboxylic acids is 1. The van der Waals surface area contributed by atoms with E-state index < -0.39 is 12.1 Å². The number of hydrogen-bond donors (Lipinski definition) is 2. The monoisotopic (exact) mass is 409 g/mol. The van der Waals surface area contributed by atoms with Gasteiger partial charge in [-0.1, -0.05) is 31.2 Å². The third-order valence-corrected chi connectivity index (χ3v) is 4.37. The van der Waals surface area contributed by atoms with E-state index >= 15 is 0 Å². The van der Waals surface area contributed by atoms with E-state index in [1.54, 1.807) is 6.92 Å². The van der Waals surface area contributed by atoms with Crippen LogP contribution in [0.2, 0.25) is 0 Å². The lowest BCUT2D eigenvalue weighted by atomic mass is 10.0. The molecule has 1 heterocycles. The topological polar surface area (TPSA) is 122 Å². The van der Waals surface area contributed by atoms with E-state index in [4.69, 9.17) is 20.3 Å². The molecule has 0 saturated heterocycles. The fraction of sp³-hybridized carbons (Fsp3) is 0.227. The Labute approximate surface area is 174 Å². The number of aromatic nitrogens is 2. The molecule has 0 bridgehead atoms. The van der Waals surface area contributed by atoms with Crippen LogP contribution in [0.3, 0.4) is 0 Å². The van der Waals surface area contributed by atoms with Gasteiger partial charge in [-0.05, 0) is 53.8 Å². The van der Waals surface area contributed by atoms with Gasteiger partial charge in [0.05, 0.1) is 0 Å². The van der Waals surface area contributed by atoms with Crippen molar-refractivity contribution in [1.29, 1.82) is 0 Å². The number of nitrogens with two attached hydrogens (primary N) is 1. The molecule has 0 aliphatic rings. The first-order chi connectivity index (χ1) is 14.4. The minimum Gasteiger partial charge on any atom is -0.618 e. The van der Waals surface area contributed by atoms with Gasteiger partial charge in [-0.25, -0.2) is 4.79 Å². The lowest BCUT2D eigenvalue weighted by molar-refractivity contribution is -0.606. The Bertz CT molecular complexity index is 1050. The molecule has 0 saturated carbocycles. The van der Waals surface area contributed by atoms with Crippen LogP contribution in [-0.4, -0.2) is 22.2 Å². The summed E-state index contributed by atoms with van der Waals surface area (Å²) < 4.78 is 11.6. The van der Waals surface area contributed by atoms with Crippen LogP contribution in [0.15, 0.2) is 54.9 Å². The van der Waals surface area contributed by atoms with Crippen LogP contribution in [0.25, 0.3) is 11.1 Å². The molecule has 2 aromatic carbocycles. The first kappa shape index (κ1) is 21.1. The molecular weight excluding hydrogens is 386 g/mol. The molecule has 30 heavy (non-hydrogen) atoms. The minimum absolute atomic E-state index is 0.00463. The van der Waals surface area contributed by atoms with Crippen molar-refractivity contribution in [2.45, 2.75) is 32.9 Å². The molecule has 8 nitrogen and oxygen atoms in total. The van der Waals surface area contributed by atoms with Gasteiger partial charge < -0.3 is 25.5 Å². The number of rotatable bonds is 8. The molecule has 0 aliphatic heterocycles. The second-order valence-electron chi connectivity index (χ2n) is 6.80. The number of nitrogens with zero attached hydrogens (tertiary/aromatic N) is 2. The van der Waals surface area contributed by atoms with Crippen molar-refractivity contribution in [3.63, 3.8) is 0 Å². The van der Waals surface area contributed by atoms with Crippen LogP contribution in [0.1, 0.15) is 24.5 Å². The number of carboxylic acid groups (broad SMARTS) is 1. The summed E-state index contributed by atoms with van der Waals surface area (Å²) in [5.74, 6) is -0.778. The van der Waals surface area contributed by atoms with E-state index in [1.165, 1.54) is 0 Å². The Kier molecular flexibility index (Phi) is 6.48. The van der Waals surface area contributed by atoms with Crippen molar-refractivity contribution < 1.29 is 24.1 Å². The van der Waals surface area contributed by atoms with Crippen molar-refractivity contribution in [1.82, 2.24) is 4.98 Å². The van der Waals surface area contributed by atoms with Gasteiger partial charge in [-0.3, -0.25) is 0 Å². The van der Waals surface area contributed by atoms with Gasteiger partial charge in [-0.2, -0.15) is 9.71 Å². The van der Waals surface area contributed by atoms with Crippen LogP contribution in [0, 0.1) is 12.1 Å². The molecule has 1 aromatic heterocycles. The molecule has 8 heteroatoms. The highest BCUT2D eigenvalue weighted by molar-refractivity contribution is 5.72. The lowest BCUT2D eigenvalue weighted by Crippen LogP contribution is -2.30. The van der Waals surface area contributed by atoms with Crippen molar-refractivity contribution >= 4 is 5.97 Å². The summed E-state index contributed by atoms with van der Waals surface area (Å²) in [6.45, 7) is 4.04. The number of carboxylic acids is 1. The molecule has 156 valence electrons. The first-order valence-corrected chi connectivity index (χ1v) is 9.47. The van der Waals surface area contributed by atoms with Gasteiger partial charge in [0, 0.05) is 6.54 Å². The molecule has 3 aromatic rings. The third kappa shape index (κ3) is 5.24. The Balaban J connectivity index is 1.89. The van der Waals surface area contributed by atoms with E-state index in [-0.39, 0.29) is 18.2 Å². The molecule has 0 spiro atoms. The molecule has 0 fully saturated rings. The predicted octanol–water partition coefficient (Wildman–Crippen LogP) is 3.18. The second-order valence-corrected chi connectivity index (χ2v) is 6.80. The quantitative estimate of drug-likeness (QED) is 0.433. The maximum Gasteiger partial charge on any atom is 0.344 e. The fourth-order valence-electron chi connectivity index (χ4n) is 2.95. The second kappa shape index (κ2) is 9.23. The van der Waals surface area contributed by atoms with E-state index in [1.807, 2.05) is 49.4 Å². The van der Waals surface area contributed by atoms with E-state index in [9.17, 15) is 10.0 Å². The number of aryl methyl sites for hydroxylation is 1. The van der Waals surface area contributed by atoms with Gasteiger partial charge in [0.15, 0.2) is 6.10 Å². The Morgan fingerprint density at radius 3 is 2.67 bits per heavy atom. The summed E-state index contributed by atoms with van der Waals surface area (Å²) in [6.07, 6.45) is 1.32. The minimum atomic E-state index is -1.13. The van der Waals surface area contributed by atoms with Crippen LogP contribution < -0.4 is 19.9 Å². The van der Waals surface area contributed by atoms with Crippen molar-refractivity contribution in [3.8, 4) is 28.6 Å². The average molecular weight is 409 g/mol. The fourth-order valence-corrected chi connectivity index (χ4v) is 2.95. The Morgan fingerprint density at radius 2 is 1.97 bits per heavy atom. The largest absolute Gasteiger partial charge is 0.618 e. The van der Waals surface area contributed by atoms with Crippen molar-refractivity contribution in [2.24, 2.45) is 5.73 Å². The summed E-state index contributed by atoms with van der Waals surface area (Å²) in [5.41, 5.74) is 9.63. The highest BCUT2D eigenvalue weighted by Crippen LogP contribution is 2.29. The van der Waals surface area contributed by atoms with Gasteiger partial charge in [0.1, 0.15) is 5.75 Å². The van der Waals surface area contributed by atoms with Crippen LogP contribution in [0.5, 0.6) is 17.5 Å². The number of hydrogen-bond acceptors (Lipinski definition) is 6. The standard InChI is InChI=1S/C22H23N3O5/c1-3-19(22(26)27)30-21-13-25(28)12-20(24-21)29-18-8-14(2)7-17(10-18)16-6-4-5-15(9-16)11-23/h4-10,12-13,19H,3,11,23H2,1-2H3,(H,26,27)/t19-/m1/s1. The van der Waals surface area contributed by atoms with Crippen LogP contribution in [0.4, 0.5) is 0 Å². The molecule has 0 aliphatic carbocycles. The molecule has 0 unspecified atom stereocenters.